The highest BCUT2D eigenvalue weighted by atomic mass is 16.1. The topological polar surface area (TPSA) is 34.1 Å². The van der Waals surface area contributed by atoms with Crippen molar-refractivity contribution in [3.63, 3.8) is 0 Å². The van der Waals surface area contributed by atoms with E-state index in [0.29, 0.717) is 11.9 Å². The van der Waals surface area contributed by atoms with E-state index in [0.717, 1.165) is 11.9 Å². The summed E-state index contributed by atoms with van der Waals surface area (Å²) in [7, 11) is 0. The van der Waals surface area contributed by atoms with Crippen LogP contribution < -0.4 is 0 Å². The first-order valence-corrected chi connectivity index (χ1v) is 2.96. The van der Waals surface area contributed by atoms with E-state index < -0.39 is 0 Å². The third-order valence-corrected chi connectivity index (χ3v) is 0.972. The van der Waals surface area contributed by atoms with Crippen molar-refractivity contribution in [1.29, 1.82) is 0 Å². The summed E-state index contributed by atoms with van der Waals surface area (Å²) in [5, 5.41) is 0. The molecule has 0 aliphatic rings. The standard InChI is InChI=1S/C8H10O2/c1-7(3-4-9)5-8(2)6-10/h3-6H,1-2H3. The number of aldehydes is 2. The number of hydrogen-bond donors (Lipinski definition) is 0. The number of hydrogen-bond acceptors (Lipinski definition) is 2. The lowest BCUT2D eigenvalue weighted by molar-refractivity contribution is -0.105. The Morgan fingerprint density at radius 2 is 1.70 bits per heavy atom. The SMILES string of the molecule is CC(=CC=O)C=C(C)C=O. The molecule has 0 N–H and O–H groups in total. The first-order valence-electron chi connectivity index (χ1n) is 2.96. The maximum absolute atomic E-state index is 10.1. The van der Waals surface area contributed by atoms with Gasteiger partial charge in [0.05, 0.1) is 0 Å². The van der Waals surface area contributed by atoms with E-state index >= 15 is 0 Å². The first-order chi connectivity index (χ1) is 4.70. The molecule has 0 bridgehead atoms. The number of carbonyl (C=O) groups excluding carboxylic acids is 2. The quantitative estimate of drug-likeness (QED) is 0.334. The first kappa shape index (κ1) is 8.82. The summed E-state index contributed by atoms with van der Waals surface area (Å²) in [6, 6.07) is 0. The predicted molar refractivity (Wildman–Crippen MR) is 39.6 cm³/mol. The number of carbonyl (C=O) groups is 2. The fourth-order valence-electron chi connectivity index (χ4n) is 0.549. The minimum Gasteiger partial charge on any atom is -0.299 e. The minimum absolute atomic E-state index is 0.621. The summed E-state index contributed by atoms with van der Waals surface area (Å²) in [4.78, 5) is 20.0. The van der Waals surface area contributed by atoms with E-state index in [4.69, 9.17) is 0 Å². The van der Waals surface area contributed by atoms with Crippen LogP contribution in [0.1, 0.15) is 13.8 Å². The van der Waals surface area contributed by atoms with Crippen molar-refractivity contribution in [2.45, 2.75) is 13.8 Å². The van der Waals surface area contributed by atoms with E-state index in [1.165, 1.54) is 6.08 Å². The van der Waals surface area contributed by atoms with Crippen molar-refractivity contribution in [1.82, 2.24) is 0 Å². The lowest BCUT2D eigenvalue weighted by Crippen LogP contribution is -1.77. The molecule has 0 aliphatic carbocycles. The van der Waals surface area contributed by atoms with Crippen LogP contribution in [0, 0.1) is 0 Å². The van der Waals surface area contributed by atoms with Crippen LogP contribution in [0.3, 0.4) is 0 Å². The normalized spacial score (nSPS) is 13.0. The van der Waals surface area contributed by atoms with E-state index in [1.807, 2.05) is 0 Å². The van der Waals surface area contributed by atoms with Gasteiger partial charge in [0.25, 0.3) is 0 Å². The summed E-state index contributed by atoms with van der Waals surface area (Å²) in [6.45, 7) is 3.45. The Labute approximate surface area is 60.2 Å². The van der Waals surface area contributed by atoms with Gasteiger partial charge in [-0.15, -0.1) is 0 Å². The average molecular weight is 138 g/mol. The zero-order valence-corrected chi connectivity index (χ0v) is 6.13. The van der Waals surface area contributed by atoms with Gasteiger partial charge >= 0.3 is 0 Å². The summed E-state index contributed by atoms with van der Waals surface area (Å²) < 4.78 is 0. The van der Waals surface area contributed by atoms with Crippen LogP contribution in [0.25, 0.3) is 0 Å². The molecule has 0 heterocycles. The van der Waals surface area contributed by atoms with Crippen molar-refractivity contribution < 1.29 is 9.59 Å². The van der Waals surface area contributed by atoms with Gasteiger partial charge in [0.15, 0.2) is 0 Å². The summed E-state index contributed by atoms with van der Waals surface area (Å²) >= 11 is 0. The maximum atomic E-state index is 10.1. The molecule has 0 rings (SSSR count). The molecule has 0 saturated carbocycles. The molecule has 0 radical (unpaired) electrons. The largest absolute Gasteiger partial charge is 0.299 e. The highest BCUT2D eigenvalue weighted by Gasteiger charge is 1.84. The molecular weight excluding hydrogens is 128 g/mol. The monoisotopic (exact) mass is 138 g/mol. The second-order valence-corrected chi connectivity index (χ2v) is 2.05. The van der Waals surface area contributed by atoms with Gasteiger partial charge in [-0.1, -0.05) is 6.08 Å². The third-order valence-electron chi connectivity index (χ3n) is 0.972. The molecule has 0 aliphatic heterocycles. The van der Waals surface area contributed by atoms with Crippen LogP contribution >= 0.6 is 0 Å². The number of allylic oxidation sites excluding steroid dienone is 4. The molecule has 0 atom stereocenters. The van der Waals surface area contributed by atoms with Gasteiger partial charge in [-0.3, -0.25) is 9.59 Å². The summed E-state index contributed by atoms with van der Waals surface area (Å²) in [5.74, 6) is 0. The van der Waals surface area contributed by atoms with Crippen molar-refractivity contribution >= 4 is 12.6 Å². The lowest BCUT2D eigenvalue weighted by atomic mass is 10.2. The second-order valence-electron chi connectivity index (χ2n) is 2.05. The number of rotatable bonds is 3. The van der Waals surface area contributed by atoms with Gasteiger partial charge < -0.3 is 0 Å². The van der Waals surface area contributed by atoms with Crippen LogP contribution in [0.5, 0.6) is 0 Å². The van der Waals surface area contributed by atoms with E-state index in [9.17, 15) is 9.59 Å². The van der Waals surface area contributed by atoms with Gasteiger partial charge in [0, 0.05) is 0 Å². The molecule has 2 heteroatoms. The average Bonchev–Trinajstić information content (AvgIpc) is 1.88. The molecule has 0 aromatic rings. The van der Waals surface area contributed by atoms with E-state index in [2.05, 4.69) is 0 Å². The van der Waals surface area contributed by atoms with E-state index in [1.54, 1.807) is 19.9 Å². The molecule has 0 fully saturated rings. The molecule has 0 saturated heterocycles. The molecule has 0 unspecified atom stereocenters. The lowest BCUT2D eigenvalue weighted by Gasteiger charge is -1.87. The van der Waals surface area contributed by atoms with E-state index in [-0.39, 0.29) is 0 Å². The molecule has 0 aromatic carbocycles. The Bertz CT molecular complexity index is 187. The van der Waals surface area contributed by atoms with Crippen LogP contribution in [-0.4, -0.2) is 12.6 Å². The van der Waals surface area contributed by atoms with Crippen LogP contribution in [-0.2, 0) is 9.59 Å². The van der Waals surface area contributed by atoms with Gasteiger partial charge in [0.2, 0.25) is 0 Å². The van der Waals surface area contributed by atoms with Gasteiger partial charge in [-0.2, -0.15) is 0 Å². The molecule has 10 heavy (non-hydrogen) atoms. The van der Waals surface area contributed by atoms with Crippen LogP contribution in [0.15, 0.2) is 23.3 Å². The smallest absolute Gasteiger partial charge is 0.145 e. The zero-order chi connectivity index (χ0) is 7.98. The molecule has 54 valence electrons. The Balaban J connectivity index is 4.24. The molecule has 0 amide bonds. The Kier molecular flexibility index (Phi) is 4.12. The summed E-state index contributed by atoms with van der Waals surface area (Å²) in [5.41, 5.74) is 1.41. The molecular formula is C8H10O2. The minimum atomic E-state index is 0.621. The Hall–Kier alpha value is -1.18. The summed E-state index contributed by atoms with van der Waals surface area (Å²) in [6.07, 6.45) is 4.51. The molecule has 0 spiro atoms. The van der Waals surface area contributed by atoms with Crippen molar-refractivity contribution in [3.8, 4) is 0 Å². The zero-order valence-electron chi connectivity index (χ0n) is 6.13. The van der Waals surface area contributed by atoms with Crippen LogP contribution in [0.2, 0.25) is 0 Å². The van der Waals surface area contributed by atoms with Crippen LogP contribution in [0.4, 0.5) is 0 Å². The third kappa shape index (κ3) is 3.78. The fraction of sp³-hybridized carbons (Fsp3) is 0.250. The van der Waals surface area contributed by atoms with Crippen molar-refractivity contribution in [2.24, 2.45) is 0 Å². The predicted octanol–water partition coefficient (Wildman–Crippen LogP) is 1.28. The van der Waals surface area contributed by atoms with Gasteiger partial charge in [0.1, 0.15) is 12.6 Å². The van der Waals surface area contributed by atoms with Gasteiger partial charge in [-0.25, -0.2) is 0 Å². The van der Waals surface area contributed by atoms with Crippen molar-refractivity contribution in [2.75, 3.05) is 0 Å². The highest BCUT2D eigenvalue weighted by molar-refractivity contribution is 5.74. The Morgan fingerprint density at radius 3 is 2.10 bits per heavy atom. The molecule has 2 nitrogen and oxygen atoms in total. The fourth-order valence-corrected chi connectivity index (χ4v) is 0.549. The maximum Gasteiger partial charge on any atom is 0.145 e. The van der Waals surface area contributed by atoms with Gasteiger partial charge in [-0.05, 0) is 31.1 Å². The van der Waals surface area contributed by atoms with Crippen molar-refractivity contribution in [3.05, 3.63) is 23.3 Å². The Morgan fingerprint density at radius 1 is 1.10 bits per heavy atom. The highest BCUT2D eigenvalue weighted by Crippen LogP contribution is 1.97. The molecule has 0 aromatic heterocycles. The second kappa shape index (κ2) is 4.68.